The van der Waals surface area contributed by atoms with Crippen LogP contribution in [0.1, 0.15) is 47.3 Å². The molecule has 0 saturated carbocycles. The first-order chi connectivity index (χ1) is 31.9. The van der Waals surface area contributed by atoms with Crippen LogP contribution in [0, 0.1) is 0 Å². The Morgan fingerprint density at radius 3 is 1.23 bits per heavy atom. The van der Waals surface area contributed by atoms with E-state index in [1.54, 1.807) is 24.3 Å². The summed E-state index contributed by atoms with van der Waals surface area (Å²) in [6.45, 7) is 0.876. The van der Waals surface area contributed by atoms with Gasteiger partial charge in [0, 0.05) is 26.2 Å². The number of sulfonamides is 2. The van der Waals surface area contributed by atoms with Crippen LogP contribution in [0.4, 0.5) is 0 Å². The number of carbonyl (C=O) groups excluding carboxylic acids is 2. The number of benzene rings is 4. The van der Waals surface area contributed by atoms with Gasteiger partial charge in [0.25, 0.3) is 11.8 Å². The first-order valence-corrected chi connectivity index (χ1v) is 24.8. The molecule has 2 amide bonds. The topological polar surface area (TPSA) is 246 Å². The molecule has 4 atom stereocenters. The zero-order valence-electron chi connectivity index (χ0n) is 36.5. The van der Waals surface area contributed by atoms with Crippen molar-refractivity contribution in [1.82, 2.24) is 20.1 Å². The summed E-state index contributed by atoms with van der Waals surface area (Å²) in [4.78, 5) is 24.7. The van der Waals surface area contributed by atoms with Gasteiger partial charge in [-0.25, -0.2) is 26.3 Å². The average molecular weight is 955 g/mol. The van der Waals surface area contributed by atoms with Gasteiger partial charge in [0.1, 0.15) is 23.7 Å². The minimum atomic E-state index is -3.76. The molecule has 18 nitrogen and oxygen atoms in total. The highest BCUT2D eigenvalue weighted by molar-refractivity contribution is 7.89. The molecule has 20 heteroatoms. The maximum Gasteiger partial charge on any atom is 0.252 e. The maximum absolute atomic E-state index is 12.7. The summed E-state index contributed by atoms with van der Waals surface area (Å²) in [5.74, 6) is -0.773. The molecule has 0 fully saturated rings. The molecule has 358 valence electrons. The van der Waals surface area contributed by atoms with Gasteiger partial charge in [-0.2, -0.15) is 0 Å². The van der Waals surface area contributed by atoms with Crippen LogP contribution in [-0.2, 0) is 61.4 Å². The van der Waals surface area contributed by atoms with Gasteiger partial charge < -0.3 is 49.3 Å². The monoisotopic (exact) mass is 954 g/mol. The fourth-order valence-corrected chi connectivity index (χ4v) is 9.33. The van der Waals surface area contributed by atoms with Gasteiger partial charge in [-0.1, -0.05) is 48.5 Å². The summed E-state index contributed by atoms with van der Waals surface area (Å²) < 4.78 is 89.6. The number of aliphatic hydroxyl groups is 2. The fraction of sp³-hybridized carbons (Fsp3) is 0.435. The van der Waals surface area contributed by atoms with Crippen LogP contribution >= 0.6 is 0 Å². The zero-order valence-corrected chi connectivity index (χ0v) is 38.1. The molecule has 4 aromatic carbocycles. The van der Waals surface area contributed by atoms with Gasteiger partial charge in [0.05, 0.1) is 62.6 Å². The smallest absolute Gasteiger partial charge is 0.252 e. The number of hydrogen-bond donors (Lipinski definition) is 6. The Hall–Kier alpha value is -5.00. The summed E-state index contributed by atoms with van der Waals surface area (Å²) in [6.07, 6.45) is -0.561. The number of ether oxygens (including phenoxy) is 6. The van der Waals surface area contributed by atoms with Crippen molar-refractivity contribution in [2.75, 3.05) is 79.0 Å². The number of amides is 2. The van der Waals surface area contributed by atoms with Crippen LogP contribution in [0.15, 0.2) is 107 Å². The highest BCUT2D eigenvalue weighted by Crippen LogP contribution is 2.36. The van der Waals surface area contributed by atoms with Gasteiger partial charge in [-0.3, -0.25) is 9.59 Å². The van der Waals surface area contributed by atoms with E-state index in [0.717, 1.165) is 36.8 Å². The molecule has 0 aliphatic heterocycles. The van der Waals surface area contributed by atoms with Crippen LogP contribution in [0.25, 0.3) is 0 Å². The number of carbonyl (C=O) groups is 2. The van der Waals surface area contributed by atoms with Crippen LogP contribution in [-0.4, -0.2) is 130 Å². The molecule has 4 unspecified atom stereocenters. The lowest BCUT2D eigenvalue weighted by atomic mass is 10.1. The maximum atomic E-state index is 12.7. The van der Waals surface area contributed by atoms with Crippen molar-refractivity contribution in [2.45, 2.75) is 59.9 Å². The number of hydrogen-bond acceptors (Lipinski definition) is 14. The van der Waals surface area contributed by atoms with Crippen LogP contribution in [0.5, 0.6) is 11.5 Å². The largest absolute Gasteiger partial charge is 0.486 e. The lowest BCUT2D eigenvalue weighted by molar-refractivity contribution is -0.146. The predicted molar refractivity (Wildman–Crippen MR) is 241 cm³/mol. The molecule has 4 aromatic rings. The van der Waals surface area contributed by atoms with Crippen molar-refractivity contribution in [2.24, 2.45) is 0 Å². The molecule has 0 radical (unpaired) electrons. The second kappa shape index (κ2) is 25.2. The Kier molecular flexibility index (Phi) is 19.3. The third-order valence-electron chi connectivity index (χ3n) is 10.7. The highest BCUT2D eigenvalue weighted by Gasteiger charge is 2.30. The van der Waals surface area contributed by atoms with Crippen molar-refractivity contribution in [3.63, 3.8) is 0 Å². The second-order valence-electron chi connectivity index (χ2n) is 15.3. The summed E-state index contributed by atoms with van der Waals surface area (Å²) in [5.41, 5.74) is 4.84. The predicted octanol–water partition coefficient (Wildman–Crippen LogP) is 2.10. The number of nitrogens with one attached hydrogen (secondary N) is 4. The molecule has 2 aliphatic rings. The van der Waals surface area contributed by atoms with E-state index in [9.17, 15) is 36.6 Å². The molecule has 6 N–H and O–H groups in total. The Balaban J connectivity index is 0.719. The Morgan fingerprint density at radius 2 is 0.848 bits per heavy atom. The van der Waals surface area contributed by atoms with E-state index >= 15 is 0 Å². The highest BCUT2D eigenvalue weighted by atomic mass is 32.2. The third-order valence-corrected chi connectivity index (χ3v) is 13.7. The van der Waals surface area contributed by atoms with Gasteiger partial charge in [-0.05, 0) is 96.5 Å². The van der Waals surface area contributed by atoms with E-state index in [2.05, 4.69) is 44.3 Å². The van der Waals surface area contributed by atoms with Gasteiger partial charge in [0.15, 0.2) is 12.2 Å². The number of aliphatic hydroxyl groups excluding tert-OH is 2. The molecule has 0 aromatic heterocycles. The molecule has 0 spiro atoms. The average Bonchev–Trinajstić information content (AvgIpc) is 3.93. The molecule has 6 rings (SSSR count). The van der Waals surface area contributed by atoms with Gasteiger partial charge in [-0.15, -0.1) is 0 Å². The molecule has 66 heavy (non-hydrogen) atoms. The third kappa shape index (κ3) is 15.0. The minimum Gasteiger partial charge on any atom is -0.486 e. The molecule has 0 bridgehead atoms. The van der Waals surface area contributed by atoms with E-state index in [4.69, 9.17) is 28.4 Å². The van der Waals surface area contributed by atoms with E-state index in [1.807, 2.05) is 24.3 Å². The quantitative estimate of drug-likeness (QED) is 0.0427. The molecule has 0 heterocycles. The molecule has 0 saturated heterocycles. The summed E-state index contributed by atoms with van der Waals surface area (Å²) in [6, 6.07) is 28.8. The van der Waals surface area contributed by atoms with Crippen molar-refractivity contribution < 1.29 is 65.1 Å². The normalized spacial score (nSPS) is 16.5. The molecular weight excluding hydrogens is 897 g/mol. The number of rotatable bonds is 29. The number of fused-ring (bicyclic) bond motifs is 2. The summed E-state index contributed by atoms with van der Waals surface area (Å²) in [7, 11) is -7.52. The first-order valence-electron chi connectivity index (χ1n) is 21.8. The molecular formula is C46H58N4O14S2. The summed E-state index contributed by atoms with van der Waals surface area (Å²) >= 11 is 0. The zero-order chi connectivity index (χ0) is 46.8. The van der Waals surface area contributed by atoms with Crippen LogP contribution in [0.3, 0.4) is 0 Å². The lowest BCUT2D eigenvalue weighted by Crippen LogP contribution is -2.50. The van der Waals surface area contributed by atoms with Crippen molar-refractivity contribution in [3.8, 4) is 11.5 Å². The number of aryl methyl sites for hydroxylation is 2. The lowest BCUT2D eigenvalue weighted by Gasteiger charge is -2.17. The summed E-state index contributed by atoms with van der Waals surface area (Å²) in [5, 5.41) is 25.0. The first kappa shape index (κ1) is 50.4. The van der Waals surface area contributed by atoms with E-state index in [1.165, 1.54) is 35.4 Å². The molecule has 2 aliphatic carbocycles. The van der Waals surface area contributed by atoms with Crippen molar-refractivity contribution >= 4 is 31.9 Å². The van der Waals surface area contributed by atoms with Crippen LogP contribution in [0.2, 0.25) is 0 Å². The second-order valence-corrected chi connectivity index (χ2v) is 18.9. The van der Waals surface area contributed by atoms with Gasteiger partial charge in [0.2, 0.25) is 20.0 Å². The fourth-order valence-electron chi connectivity index (χ4n) is 7.30. The Morgan fingerprint density at radius 1 is 0.500 bits per heavy atom. The van der Waals surface area contributed by atoms with E-state index in [0.29, 0.717) is 11.5 Å². The van der Waals surface area contributed by atoms with E-state index < -0.39 is 44.1 Å². The van der Waals surface area contributed by atoms with Crippen molar-refractivity contribution in [3.05, 3.63) is 119 Å². The SMILES string of the molecule is O=C(NCCOCCOCCNS(=O)(=O)c1ccc(OC2CCc3ccccc32)cc1)C(O)C(O)C(=O)NCCOCCOCCNS(=O)(=O)c1ccc(OC2CCc3ccccc32)cc1. The Labute approximate surface area is 385 Å². The van der Waals surface area contributed by atoms with E-state index in [-0.39, 0.29) is 101 Å². The van der Waals surface area contributed by atoms with Crippen molar-refractivity contribution in [1.29, 1.82) is 0 Å². The minimum absolute atomic E-state index is 0.0238. The van der Waals surface area contributed by atoms with Gasteiger partial charge >= 0.3 is 0 Å². The van der Waals surface area contributed by atoms with Crippen LogP contribution < -0.4 is 29.6 Å². The Bertz CT molecular complexity index is 2220. The standard InChI is InChI=1S/C46H58N4O14S2/c51-43(45(53)47-21-25-59-29-31-61-27-23-49-65(55,56)37-15-11-35(12-16-37)63-41-19-9-33-5-1-3-7-39(33)41)44(52)46(54)48-22-26-60-30-32-62-28-24-50-66(57,58)38-17-13-36(14-18-38)64-42-20-10-34-6-2-4-8-40(34)42/h1-8,11-18,41-44,49-52H,9-10,19-32H2,(H,47,53)(H,48,54).